The van der Waals surface area contributed by atoms with E-state index in [1.165, 1.54) is 11.1 Å². The van der Waals surface area contributed by atoms with E-state index in [2.05, 4.69) is 69.3 Å². The number of benzene rings is 1. The minimum atomic E-state index is -4.40. The zero-order valence-electron chi connectivity index (χ0n) is 24.5. The first-order valence-electron chi connectivity index (χ1n) is 14.2. The number of hydrogen-bond acceptors (Lipinski definition) is 3. The van der Waals surface area contributed by atoms with Gasteiger partial charge in [0.05, 0.1) is 31.2 Å². The number of amidine groups is 1. The number of halogens is 2. The Kier molecular flexibility index (Phi) is 10.7. The highest BCUT2D eigenvalue weighted by Crippen LogP contribution is 2.36. The molecule has 212 valence electrons. The van der Waals surface area contributed by atoms with Gasteiger partial charge in [-0.3, -0.25) is 4.58 Å². The Morgan fingerprint density at radius 1 is 0.974 bits per heavy atom. The Hall–Kier alpha value is -3.16. The zero-order valence-corrected chi connectivity index (χ0v) is 24.5. The van der Waals surface area contributed by atoms with Gasteiger partial charge < -0.3 is 22.7 Å². The van der Waals surface area contributed by atoms with Crippen LogP contribution < -0.4 is 4.74 Å². The van der Waals surface area contributed by atoms with Gasteiger partial charge in [-0.2, -0.15) is 0 Å². The maximum Gasteiger partial charge on any atom is 0.725 e. The molecule has 0 aromatic heterocycles. The topological polar surface area (TPSA) is 43.1 Å². The quantitative estimate of drug-likeness (QED) is 0.162. The van der Waals surface area contributed by atoms with Gasteiger partial charge in [0.1, 0.15) is 12.0 Å². The van der Waals surface area contributed by atoms with Gasteiger partial charge in [-0.1, -0.05) is 45.9 Å². The van der Waals surface area contributed by atoms with E-state index in [-0.39, 0.29) is 11.5 Å². The highest BCUT2D eigenvalue weighted by atomic mass is 19.3. The molecular weight excluding hydrogens is 497 g/mol. The van der Waals surface area contributed by atoms with E-state index in [1.54, 1.807) is 25.3 Å². The summed E-state index contributed by atoms with van der Waals surface area (Å²) < 4.78 is 46.6. The Morgan fingerprint density at radius 2 is 1.64 bits per heavy atom. The molecule has 0 atom stereocenters. The van der Waals surface area contributed by atoms with Gasteiger partial charge in [-0.25, -0.2) is 0 Å². The van der Waals surface area contributed by atoms with Crippen LogP contribution in [-0.4, -0.2) is 43.4 Å². The fourth-order valence-corrected chi connectivity index (χ4v) is 4.76. The Labute approximate surface area is 232 Å². The van der Waals surface area contributed by atoms with Crippen molar-refractivity contribution in [2.45, 2.75) is 79.6 Å². The Balaban J connectivity index is 1.69. The minimum absolute atomic E-state index is 0.143. The van der Waals surface area contributed by atoms with Crippen LogP contribution in [-0.2, 0) is 9.31 Å². The van der Waals surface area contributed by atoms with E-state index in [0.29, 0.717) is 30.4 Å². The van der Waals surface area contributed by atoms with E-state index < -0.39 is 7.11 Å². The summed E-state index contributed by atoms with van der Waals surface area (Å²) in [5, 5.41) is 0. The molecule has 2 aliphatic heterocycles. The minimum Gasteiger partial charge on any atom is -0.630 e. The second kappa shape index (κ2) is 13.8. The van der Waals surface area contributed by atoms with Crippen molar-refractivity contribution in [3.05, 3.63) is 76.3 Å². The number of para-hydroxylation sites is 1. The Morgan fingerprint density at radius 3 is 2.21 bits per heavy atom. The van der Waals surface area contributed by atoms with Crippen LogP contribution in [0.1, 0.15) is 90.7 Å². The van der Waals surface area contributed by atoms with E-state index in [1.807, 2.05) is 12.2 Å². The number of hydrogen-bond donors (Lipinski definition) is 0. The largest absolute Gasteiger partial charge is 0.725 e. The average molecular weight is 541 g/mol. The lowest BCUT2D eigenvalue weighted by molar-refractivity contribution is -0.520. The third-order valence-electron chi connectivity index (χ3n) is 6.97. The number of rotatable bonds is 11. The van der Waals surface area contributed by atoms with Gasteiger partial charge in [-0.15, -0.1) is 0 Å². The van der Waals surface area contributed by atoms with Crippen LogP contribution in [0.4, 0.5) is 8.63 Å². The lowest BCUT2D eigenvalue weighted by Gasteiger charge is -2.37. The molecule has 0 unspecified atom stereocenters. The Bertz CT molecular complexity index is 1160. The van der Waals surface area contributed by atoms with Crippen LogP contribution >= 0.6 is 0 Å². The van der Waals surface area contributed by atoms with Crippen molar-refractivity contribution in [2.24, 2.45) is 4.99 Å². The van der Waals surface area contributed by atoms with Crippen molar-refractivity contribution < 1.29 is 27.3 Å². The molecular formula is C31H43BF2N2O3. The third-order valence-corrected chi connectivity index (χ3v) is 6.97. The van der Waals surface area contributed by atoms with Crippen LogP contribution in [0.15, 0.2) is 70.2 Å². The molecule has 39 heavy (non-hydrogen) atoms. The maximum atomic E-state index is 14.2. The smallest absolute Gasteiger partial charge is 0.630 e. The van der Waals surface area contributed by atoms with Crippen LogP contribution in [0.5, 0.6) is 5.75 Å². The first-order valence-corrected chi connectivity index (χ1v) is 14.2. The van der Waals surface area contributed by atoms with Gasteiger partial charge in [0.15, 0.2) is 0 Å². The summed E-state index contributed by atoms with van der Waals surface area (Å²) in [7, 11) is -4.40. The van der Waals surface area contributed by atoms with Crippen molar-refractivity contribution in [3.8, 4) is 5.75 Å². The SMILES string of the molecule is CC[N+](CC)=C1C=CC(=CC=C2O[B-](F)(F)OC(C)=C2CCCCOc2c(C(C)C)cccc2C(C)C)C=N1. The predicted molar refractivity (Wildman–Crippen MR) is 157 cm³/mol. The second-order valence-corrected chi connectivity index (χ2v) is 10.5. The van der Waals surface area contributed by atoms with Crippen molar-refractivity contribution in [2.75, 3.05) is 19.7 Å². The molecule has 0 aliphatic carbocycles. The number of allylic oxidation sites excluding steroid dienone is 6. The van der Waals surface area contributed by atoms with Gasteiger partial charge in [-0.05, 0) is 86.2 Å². The molecule has 0 bridgehead atoms. The monoisotopic (exact) mass is 540 g/mol. The molecule has 0 amide bonds. The molecule has 2 heterocycles. The summed E-state index contributed by atoms with van der Waals surface area (Å²) in [4.78, 5) is 4.51. The summed E-state index contributed by atoms with van der Waals surface area (Å²) in [6.07, 6.45) is 11.0. The van der Waals surface area contributed by atoms with Crippen LogP contribution in [0.2, 0.25) is 0 Å². The summed E-state index contributed by atoms with van der Waals surface area (Å²) in [5.41, 5.74) is 3.87. The predicted octanol–water partition coefficient (Wildman–Crippen LogP) is 8.08. The first-order chi connectivity index (χ1) is 18.6. The molecule has 8 heteroatoms. The molecule has 1 aromatic carbocycles. The molecule has 5 nitrogen and oxygen atoms in total. The van der Waals surface area contributed by atoms with Crippen molar-refractivity contribution in [1.82, 2.24) is 0 Å². The molecule has 0 fully saturated rings. The zero-order chi connectivity index (χ0) is 28.6. The number of aliphatic imine (C=N–C) groups is 1. The normalized spacial score (nSPS) is 18.8. The first kappa shape index (κ1) is 30.4. The van der Waals surface area contributed by atoms with Crippen LogP contribution in [0, 0.1) is 0 Å². The molecule has 0 spiro atoms. The lowest BCUT2D eigenvalue weighted by Crippen LogP contribution is -2.35. The van der Waals surface area contributed by atoms with Crippen LogP contribution in [0.25, 0.3) is 0 Å². The summed E-state index contributed by atoms with van der Waals surface area (Å²) in [5.74, 6) is 2.93. The van der Waals surface area contributed by atoms with Gasteiger partial charge in [0.25, 0.3) is 0 Å². The number of dihydropyridines is 1. The van der Waals surface area contributed by atoms with Crippen molar-refractivity contribution in [1.29, 1.82) is 0 Å². The van der Waals surface area contributed by atoms with Crippen LogP contribution in [0.3, 0.4) is 0 Å². The molecule has 3 rings (SSSR count). The highest BCUT2D eigenvalue weighted by Gasteiger charge is 2.38. The number of ether oxygens (including phenoxy) is 1. The molecule has 0 radical (unpaired) electrons. The van der Waals surface area contributed by atoms with Crippen molar-refractivity contribution in [3.63, 3.8) is 0 Å². The summed E-state index contributed by atoms with van der Waals surface area (Å²) >= 11 is 0. The molecule has 0 saturated carbocycles. The second-order valence-electron chi connectivity index (χ2n) is 10.5. The molecule has 0 saturated heterocycles. The van der Waals surface area contributed by atoms with Crippen molar-refractivity contribution >= 4 is 19.2 Å². The molecule has 1 aromatic rings. The fraction of sp³-hybridized carbons (Fsp3) is 0.484. The maximum absolute atomic E-state index is 14.2. The summed E-state index contributed by atoms with van der Waals surface area (Å²) in [6.45, 7) is 16.7. The third kappa shape index (κ3) is 8.17. The molecule has 0 N–H and O–H groups in total. The lowest BCUT2D eigenvalue weighted by atomic mass is 9.94. The standard InChI is InChI=1S/C31H43BF2N2O3/c1-8-36(9-2)30-19-17-25(21-35-30)16-18-29-28(24(7)38-32(33,34)39-29)13-10-11-20-37-31-26(22(3)4)14-12-15-27(31)23(5)6/h12,14-19,21-23H,8-11,13,20H2,1-7H3. The van der Waals surface area contributed by atoms with E-state index >= 15 is 0 Å². The number of nitrogens with zero attached hydrogens (tertiary/aromatic N) is 2. The number of unbranched alkanes of at least 4 members (excludes halogenated alkanes) is 1. The summed E-state index contributed by atoms with van der Waals surface area (Å²) in [6, 6.07) is 6.34. The van der Waals surface area contributed by atoms with Gasteiger partial charge in [0.2, 0.25) is 0 Å². The van der Waals surface area contributed by atoms with E-state index in [9.17, 15) is 8.63 Å². The van der Waals surface area contributed by atoms with Gasteiger partial charge in [0, 0.05) is 17.2 Å². The fourth-order valence-electron chi connectivity index (χ4n) is 4.76. The highest BCUT2D eigenvalue weighted by molar-refractivity contribution is 6.53. The van der Waals surface area contributed by atoms with E-state index in [0.717, 1.165) is 43.1 Å². The van der Waals surface area contributed by atoms with E-state index in [4.69, 9.17) is 14.0 Å². The molecule has 2 aliphatic rings. The van der Waals surface area contributed by atoms with Gasteiger partial charge >= 0.3 is 12.9 Å². The average Bonchev–Trinajstić information content (AvgIpc) is 2.89.